The Labute approximate surface area is 103 Å². The van der Waals surface area contributed by atoms with Gasteiger partial charge in [-0.25, -0.2) is 4.79 Å². The molecule has 17 heavy (non-hydrogen) atoms. The van der Waals surface area contributed by atoms with Gasteiger partial charge in [0.1, 0.15) is 5.60 Å². The van der Waals surface area contributed by atoms with E-state index in [-0.39, 0.29) is 17.6 Å². The summed E-state index contributed by atoms with van der Waals surface area (Å²) < 4.78 is 5.42. The SMILES string of the molecule is CC(C)(C)OC(=O)N1CCCC2(CCC2N)C1. The van der Waals surface area contributed by atoms with Crippen LogP contribution in [-0.4, -0.2) is 35.7 Å². The predicted molar refractivity (Wildman–Crippen MR) is 66.7 cm³/mol. The zero-order chi connectivity index (χ0) is 12.7. The van der Waals surface area contributed by atoms with Gasteiger partial charge in [-0.15, -0.1) is 0 Å². The van der Waals surface area contributed by atoms with E-state index >= 15 is 0 Å². The zero-order valence-corrected chi connectivity index (χ0v) is 11.2. The lowest BCUT2D eigenvalue weighted by Crippen LogP contribution is -2.60. The Morgan fingerprint density at radius 1 is 1.41 bits per heavy atom. The first-order chi connectivity index (χ1) is 7.82. The lowest BCUT2D eigenvalue weighted by molar-refractivity contribution is -0.0254. The third-order valence-electron chi connectivity index (χ3n) is 4.00. The largest absolute Gasteiger partial charge is 0.444 e. The first-order valence-corrected chi connectivity index (χ1v) is 6.56. The molecular formula is C13H24N2O2. The molecule has 2 unspecified atom stereocenters. The second kappa shape index (κ2) is 4.16. The van der Waals surface area contributed by atoms with Crippen molar-refractivity contribution in [3.05, 3.63) is 0 Å². The average Bonchev–Trinajstić information content (AvgIpc) is 2.25. The minimum absolute atomic E-state index is 0.185. The number of carbonyl (C=O) groups is 1. The summed E-state index contributed by atoms with van der Waals surface area (Å²) in [7, 11) is 0. The zero-order valence-electron chi connectivity index (χ0n) is 11.2. The van der Waals surface area contributed by atoms with Crippen LogP contribution in [0.1, 0.15) is 46.5 Å². The molecule has 1 saturated heterocycles. The highest BCUT2D eigenvalue weighted by Gasteiger charge is 2.48. The molecular weight excluding hydrogens is 216 g/mol. The minimum Gasteiger partial charge on any atom is -0.444 e. The maximum absolute atomic E-state index is 12.0. The van der Waals surface area contributed by atoms with Gasteiger partial charge in [0.25, 0.3) is 0 Å². The van der Waals surface area contributed by atoms with Crippen LogP contribution in [0, 0.1) is 5.41 Å². The molecule has 0 aromatic carbocycles. The van der Waals surface area contributed by atoms with Crippen LogP contribution in [-0.2, 0) is 4.74 Å². The Kier molecular flexibility index (Phi) is 3.10. The molecule has 2 aliphatic rings. The summed E-state index contributed by atoms with van der Waals surface area (Å²) in [4.78, 5) is 13.9. The number of likely N-dealkylation sites (tertiary alicyclic amines) is 1. The molecule has 1 saturated carbocycles. The van der Waals surface area contributed by atoms with Gasteiger partial charge in [-0.1, -0.05) is 0 Å². The fourth-order valence-electron chi connectivity index (χ4n) is 2.87. The highest BCUT2D eigenvalue weighted by atomic mass is 16.6. The van der Waals surface area contributed by atoms with Crippen LogP contribution in [0.4, 0.5) is 4.79 Å². The first kappa shape index (κ1) is 12.7. The van der Waals surface area contributed by atoms with Crippen LogP contribution in [0.3, 0.4) is 0 Å². The van der Waals surface area contributed by atoms with Crippen LogP contribution in [0.2, 0.25) is 0 Å². The number of hydrogen-bond acceptors (Lipinski definition) is 3. The van der Waals surface area contributed by atoms with Crippen molar-refractivity contribution in [2.45, 2.75) is 58.1 Å². The molecule has 98 valence electrons. The van der Waals surface area contributed by atoms with E-state index in [2.05, 4.69) is 0 Å². The lowest BCUT2D eigenvalue weighted by Gasteiger charge is -2.53. The minimum atomic E-state index is -0.413. The number of piperidine rings is 1. The summed E-state index contributed by atoms with van der Waals surface area (Å²) in [5.41, 5.74) is 5.88. The van der Waals surface area contributed by atoms with Crippen LogP contribution in [0.15, 0.2) is 0 Å². The molecule has 2 N–H and O–H groups in total. The molecule has 0 bridgehead atoms. The standard InChI is InChI=1S/C13H24N2O2/c1-12(2,3)17-11(16)15-8-4-6-13(9-15)7-5-10(13)14/h10H,4-9,14H2,1-3H3. The van der Waals surface area contributed by atoms with E-state index in [0.29, 0.717) is 0 Å². The Bertz CT molecular complexity index is 311. The van der Waals surface area contributed by atoms with Crippen molar-refractivity contribution in [1.82, 2.24) is 4.90 Å². The number of rotatable bonds is 0. The Morgan fingerprint density at radius 3 is 2.59 bits per heavy atom. The van der Waals surface area contributed by atoms with Crippen molar-refractivity contribution in [3.63, 3.8) is 0 Å². The number of ether oxygens (including phenoxy) is 1. The van der Waals surface area contributed by atoms with E-state index in [1.165, 1.54) is 0 Å². The van der Waals surface area contributed by atoms with Crippen molar-refractivity contribution in [3.8, 4) is 0 Å². The summed E-state index contributed by atoms with van der Waals surface area (Å²) >= 11 is 0. The van der Waals surface area contributed by atoms with Crippen molar-refractivity contribution in [2.75, 3.05) is 13.1 Å². The maximum atomic E-state index is 12.0. The quantitative estimate of drug-likeness (QED) is 0.705. The molecule has 1 aliphatic carbocycles. The number of amides is 1. The van der Waals surface area contributed by atoms with Gasteiger partial charge in [0, 0.05) is 24.5 Å². The number of nitrogens with two attached hydrogens (primary N) is 1. The number of hydrogen-bond donors (Lipinski definition) is 1. The lowest BCUT2D eigenvalue weighted by atomic mass is 9.61. The molecule has 2 atom stereocenters. The number of carbonyl (C=O) groups excluding carboxylic acids is 1. The fraction of sp³-hybridized carbons (Fsp3) is 0.923. The average molecular weight is 240 g/mol. The van der Waals surface area contributed by atoms with Gasteiger partial charge in [-0.2, -0.15) is 0 Å². The van der Waals surface area contributed by atoms with E-state index in [0.717, 1.165) is 38.8 Å². The molecule has 4 nitrogen and oxygen atoms in total. The highest BCUT2D eigenvalue weighted by molar-refractivity contribution is 5.68. The fourth-order valence-corrected chi connectivity index (χ4v) is 2.87. The van der Waals surface area contributed by atoms with E-state index < -0.39 is 5.60 Å². The van der Waals surface area contributed by atoms with Crippen molar-refractivity contribution in [2.24, 2.45) is 11.1 Å². The third kappa shape index (κ3) is 2.57. The van der Waals surface area contributed by atoms with Gasteiger partial charge in [-0.05, 0) is 46.5 Å². The van der Waals surface area contributed by atoms with Gasteiger partial charge in [0.15, 0.2) is 0 Å². The molecule has 0 aromatic heterocycles. The monoisotopic (exact) mass is 240 g/mol. The van der Waals surface area contributed by atoms with E-state index in [1.54, 1.807) is 0 Å². The van der Waals surface area contributed by atoms with Crippen molar-refractivity contribution >= 4 is 6.09 Å². The maximum Gasteiger partial charge on any atom is 0.410 e. The van der Waals surface area contributed by atoms with Crippen LogP contribution >= 0.6 is 0 Å². The Balaban J connectivity index is 1.96. The first-order valence-electron chi connectivity index (χ1n) is 6.56. The molecule has 0 aromatic rings. The second-order valence-corrected chi connectivity index (χ2v) is 6.51. The van der Waals surface area contributed by atoms with Gasteiger partial charge < -0.3 is 15.4 Å². The van der Waals surface area contributed by atoms with Gasteiger partial charge in [0.2, 0.25) is 0 Å². The van der Waals surface area contributed by atoms with E-state index in [4.69, 9.17) is 10.5 Å². The van der Waals surface area contributed by atoms with Gasteiger partial charge in [-0.3, -0.25) is 0 Å². The molecule has 0 radical (unpaired) electrons. The van der Waals surface area contributed by atoms with Crippen LogP contribution in [0.25, 0.3) is 0 Å². The second-order valence-electron chi connectivity index (χ2n) is 6.51. The van der Waals surface area contributed by atoms with Crippen LogP contribution in [0.5, 0.6) is 0 Å². The molecule has 2 rings (SSSR count). The number of nitrogens with zero attached hydrogens (tertiary/aromatic N) is 1. The summed E-state index contributed by atoms with van der Waals surface area (Å²) in [5, 5.41) is 0. The van der Waals surface area contributed by atoms with Crippen molar-refractivity contribution in [1.29, 1.82) is 0 Å². The summed E-state index contributed by atoms with van der Waals surface area (Å²) in [5.74, 6) is 0. The van der Waals surface area contributed by atoms with Gasteiger partial charge in [0.05, 0.1) is 0 Å². The molecule has 1 spiro atoms. The molecule has 2 fully saturated rings. The van der Waals surface area contributed by atoms with Crippen molar-refractivity contribution < 1.29 is 9.53 Å². The third-order valence-corrected chi connectivity index (χ3v) is 4.00. The molecule has 1 amide bonds. The highest BCUT2D eigenvalue weighted by Crippen LogP contribution is 2.46. The van der Waals surface area contributed by atoms with Crippen LogP contribution < -0.4 is 5.73 Å². The smallest absolute Gasteiger partial charge is 0.410 e. The predicted octanol–water partition coefficient (Wildman–Crippen LogP) is 2.12. The van der Waals surface area contributed by atoms with E-state index in [1.807, 2.05) is 25.7 Å². The summed E-state index contributed by atoms with van der Waals surface area (Å²) in [6.45, 7) is 7.30. The molecule has 1 heterocycles. The topological polar surface area (TPSA) is 55.6 Å². The van der Waals surface area contributed by atoms with Gasteiger partial charge >= 0.3 is 6.09 Å². The summed E-state index contributed by atoms with van der Waals surface area (Å²) in [6, 6.07) is 0.271. The molecule has 1 aliphatic heterocycles. The Morgan fingerprint density at radius 2 is 2.12 bits per heavy atom. The molecule has 4 heteroatoms. The summed E-state index contributed by atoms with van der Waals surface area (Å²) in [6.07, 6.45) is 4.28. The normalized spacial score (nSPS) is 33.4. The Hall–Kier alpha value is -0.770. The van der Waals surface area contributed by atoms with E-state index in [9.17, 15) is 4.79 Å².